The Kier molecular flexibility index (Phi) is 9.35. The van der Waals surface area contributed by atoms with E-state index in [9.17, 15) is 9.90 Å². The Labute approximate surface area is 179 Å². The SMILES string of the molecule is CCc1cc(Nc2ncc(C)c(NC(CC)CC)n2)cc(C(=O)OC)c1O.[Ir]. The summed E-state index contributed by atoms with van der Waals surface area (Å²) in [6, 6.07) is 3.66. The van der Waals surface area contributed by atoms with Crippen LogP contribution in [0.3, 0.4) is 0 Å². The summed E-state index contributed by atoms with van der Waals surface area (Å²) in [6.07, 6.45) is 4.33. The van der Waals surface area contributed by atoms with Gasteiger partial charge in [0.25, 0.3) is 0 Å². The van der Waals surface area contributed by atoms with Gasteiger partial charge in [0.15, 0.2) is 0 Å². The van der Waals surface area contributed by atoms with E-state index in [1.165, 1.54) is 13.2 Å². The molecule has 0 aliphatic rings. The van der Waals surface area contributed by atoms with Gasteiger partial charge in [-0.1, -0.05) is 20.8 Å². The molecule has 2 rings (SSSR count). The van der Waals surface area contributed by atoms with Gasteiger partial charge in [-0.15, -0.1) is 0 Å². The minimum atomic E-state index is -0.591. The molecule has 0 atom stereocenters. The summed E-state index contributed by atoms with van der Waals surface area (Å²) in [5.41, 5.74) is 2.33. The third kappa shape index (κ3) is 5.66. The molecule has 1 aromatic carbocycles. The van der Waals surface area contributed by atoms with Crippen molar-refractivity contribution in [2.45, 2.75) is 53.0 Å². The molecule has 155 valence electrons. The fraction of sp³-hybridized carbons (Fsp3) is 0.450. The smallest absolute Gasteiger partial charge is 0.341 e. The molecule has 1 heterocycles. The second-order valence-corrected chi connectivity index (χ2v) is 6.38. The molecule has 0 amide bonds. The summed E-state index contributed by atoms with van der Waals surface area (Å²) < 4.78 is 4.76. The molecule has 0 spiro atoms. The van der Waals surface area contributed by atoms with Crippen molar-refractivity contribution >= 4 is 23.4 Å². The number of aromatic hydroxyl groups is 1. The largest absolute Gasteiger partial charge is 0.507 e. The average molecular weight is 565 g/mol. The van der Waals surface area contributed by atoms with Gasteiger partial charge in [-0.2, -0.15) is 4.98 Å². The van der Waals surface area contributed by atoms with Crippen LogP contribution >= 0.6 is 0 Å². The van der Waals surface area contributed by atoms with Crippen LogP contribution in [0.2, 0.25) is 0 Å². The van der Waals surface area contributed by atoms with Crippen molar-refractivity contribution in [1.82, 2.24) is 9.97 Å². The predicted octanol–water partition coefficient (Wildman–Crippen LogP) is 4.18. The summed E-state index contributed by atoms with van der Waals surface area (Å²) in [5, 5.41) is 16.8. The van der Waals surface area contributed by atoms with Crippen molar-refractivity contribution in [2.75, 3.05) is 17.7 Å². The summed E-state index contributed by atoms with van der Waals surface area (Å²) in [6.45, 7) is 8.13. The summed E-state index contributed by atoms with van der Waals surface area (Å²) in [4.78, 5) is 20.8. The number of methoxy groups -OCH3 is 1. The first-order valence-corrected chi connectivity index (χ1v) is 9.24. The Morgan fingerprint density at radius 1 is 1.25 bits per heavy atom. The van der Waals surface area contributed by atoms with Gasteiger partial charge >= 0.3 is 5.97 Å². The van der Waals surface area contributed by atoms with Gasteiger partial charge in [0.2, 0.25) is 5.95 Å². The average Bonchev–Trinajstić information content (AvgIpc) is 2.68. The van der Waals surface area contributed by atoms with Gasteiger partial charge in [-0.3, -0.25) is 0 Å². The Balaban J connectivity index is 0.00000392. The van der Waals surface area contributed by atoms with E-state index >= 15 is 0 Å². The number of ether oxygens (including phenoxy) is 1. The van der Waals surface area contributed by atoms with Gasteiger partial charge in [0.1, 0.15) is 17.1 Å². The van der Waals surface area contributed by atoms with E-state index in [2.05, 4.69) is 34.4 Å². The number of nitrogens with zero attached hydrogens (tertiary/aromatic N) is 2. The second kappa shape index (κ2) is 11.0. The molecule has 1 aromatic heterocycles. The number of hydrogen-bond donors (Lipinski definition) is 3. The maximum absolute atomic E-state index is 11.9. The predicted molar refractivity (Wildman–Crippen MR) is 107 cm³/mol. The quantitative estimate of drug-likeness (QED) is 0.327. The molecule has 0 saturated heterocycles. The zero-order valence-electron chi connectivity index (χ0n) is 16.9. The number of aryl methyl sites for hydroxylation is 2. The van der Waals surface area contributed by atoms with Crippen molar-refractivity contribution < 1.29 is 34.7 Å². The molecule has 0 aliphatic carbocycles. The van der Waals surface area contributed by atoms with E-state index in [1.54, 1.807) is 12.3 Å². The van der Waals surface area contributed by atoms with Crippen LogP contribution in [0, 0.1) is 6.92 Å². The number of rotatable bonds is 8. The fourth-order valence-electron chi connectivity index (χ4n) is 2.77. The number of benzene rings is 1. The third-order valence-corrected chi connectivity index (χ3v) is 4.53. The van der Waals surface area contributed by atoms with Crippen molar-refractivity contribution in [3.05, 3.63) is 35.0 Å². The van der Waals surface area contributed by atoms with Crippen LogP contribution in [0.1, 0.15) is 55.1 Å². The van der Waals surface area contributed by atoms with E-state index < -0.39 is 5.97 Å². The molecule has 3 N–H and O–H groups in total. The van der Waals surface area contributed by atoms with Crippen molar-refractivity contribution in [2.24, 2.45) is 0 Å². The maximum Gasteiger partial charge on any atom is 0.341 e. The number of anilines is 3. The molecule has 8 heteroatoms. The molecule has 0 aliphatic heterocycles. The zero-order chi connectivity index (χ0) is 20.0. The zero-order valence-corrected chi connectivity index (χ0v) is 19.3. The molecule has 28 heavy (non-hydrogen) atoms. The van der Waals surface area contributed by atoms with Crippen molar-refractivity contribution in [3.8, 4) is 5.75 Å². The van der Waals surface area contributed by atoms with E-state index in [0.29, 0.717) is 29.7 Å². The summed E-state index contributed by atoms with van der Waals surface area (Å²) in [7, 11) is 1.28. The normalized spacial score (nSPS) is 10.4. The summed E-state index contributed by atoms with van der Waals surface area (Å²) in [5.74, 6) is 0.545. The molecule has 0 bridgehead atoms. The molecule has 0 fully saturated rings. The minimum absolute atomic E-state index is 0. The number of phenolic OH excluding ortho intramolecular Hbond substituents is 1. The van der Waals surface area contributed by atoms with Gasteiger partial charge in [0, 0.05) is 43.6 Å². The molecular formula is C20H28IrN4O3. The number of hydrogen-bond acceptors (Lipinski definition) is 7. The van der Waals surface area contributed by atoms with Crippen LogP contribution in [-0.2, 0) is 31.3 Å². The Hall–Kier alpha value is -2.18. The molecular weight excluding hydrogens is 536 g/mol. The number of phenols is 1. The van der Waals surface area contributed by atoms with Gasteiger partial charge in [-0.25, -0.2) is 9.78 Å². The fourth-order valence-corrected chi connectivity index (χ4v) is 2.77. The number of esters is 1. The van der Waals surface area contributed by atoms with E-state index in [0.717, 1.165) is 24.2 Å². The number of carbonyl (C=O) groups excluding carboxylic acids is 1. The van der Waals surface area contributed by atoms with Crippen LogP contribution in [0.4, 0.5) is 17.5 Å². The first-order chi connectivity index (χ1) is 12.9. The Morgan fingerprint density at radius 3 is 2.50 bits per heavy atom. The van der Waals surface area contributed by atoms with Crippen LogP contribution in [0.5, 0.6) is 5.75 Å². The topological polar surface area (TPSA) is 96.4 Å². The van der Waals surface area contributed by atoms with E-state index in [4.69, 9.17) is 4.74 Å². The summed E-state index contributed by atoms with van der Waals surface area (Å²) >= 11 is 0. The van der Waals surface area contributed by atoms with Crippen LogP contribution in [-0.4, -0.2) is 34.2 Å². The molecule has 0 saturated carbocycles. The standard InChI is InChI=1S/C20H28N4O3.Ir/c1-6-13-9-15(10-16(17(13)25)19(26)27-5)23-20-21-11-12(4)18(24-20)22-14(7-2)8-3;/h9-11,14,25H,6-8H2,1-5H3,(H2,21,22,23,24);. The molecule has 7 nitrogen and oxygen atoms in total. The van der Waals surface area contributed by atoms with Crippen LogP contribution in [0.15, 0.2) is 18.3 Å². The van der Waals surface area contributed by atoms with Crippen LogP contribution in [0.25, 0.3) is 0 Å². The monoisotopic (exact) mass is 565 g/mol. The molecule has 0 unspecified atom stereocenters. The van der Waals surface area contributed by atoms with Crippen molar-refractivity contribution in [1.29, 1.82) is 0 Å². The van der Waals surface area contributed by atoms with Gasteiger partial charge in [0.05, 0.1) is 7.11 Å². The minimum Gasteiger partial charge on any atom is -0.507 e. The third-order valence-electron chi connectivity index (χ3n) is 4.53. The molecule has 1 radical (unpaired) electrons. The second-order valence-electron chi connectivity index (χ2n) is 6.38. The van der Waals surface area contributed by atoms with Gasteiger partial charge in [-0.05, 0) is 43.9 Å². The number of nitrogens with one attached hydrogen (secondary N) is 2. The Morgan fingerprint density at radius 2 is 1.93 bits per heavy atom. The first kappa shape index (κ1) is 23.9. The van der Waals surface area contributed by atoms with E-state index in [-0.39, 0.29) is 31.4 Å². The number of carbonyl (C=O) groups is 1. The van der Waals surface area contributed by atoms with Crippen molar-refractivity contribution in [3.63, 3.8) is 0 Å². The van der Waals surface area contributed by atoms with Crippen LogP contribution < -0.4 is 10.6 Å². The Bertz CT molecular complexity index is 810. The molecule has 2 aromatic rings. The maximum atomic E-state index is 11.9. The van der Waals surface area contributed by atoms with Gasteiger partial charge < -0.3 is 20.5 Å². The van der Waals surface area contributed by atoms with E-state index in [1.807, 2.05) is 13.8 Å². The first-order valence-electron chi connectivity index (χ1n) is 9.24. The number of aromatic nitrogens is 2.